The molecule has 2 aliphatic rings. The first-order valence-corrected chi connectivity index (χ1v) is 14.8. The van der Waals surface area contributed by atoms with E-state index < -0.39 is 67.2 Å². The Morgan fingerprint density at radius 2 is 1.67 bits per heavy atom. The molecule has 3 aromatic rings. The van der Waals surface area contributed by atoms with Crippen molar-refractivity contribution in [3.63, 3.8) is 0 Å². The Kier molecular flexibility index (Phi) is 10.1. The van der Waals surface area contributed by atoms with Crippen molar-refractivity contribution in [2.75, 3.05) is 13.7 Å². The van der Waals surface area contributed by atoms with Gasteiger partial charge in [0.1, 0.15) is 47.5 Å². The Bertz CT molecular complexity index is 1620. The Balaban J connectivity index is 1.30. The number of hydrogen-bond acceptors (Lipinski definition) is 12. The van der Waals surface area contributed by atoms with E-state index in [1.54, 1.807) is 18.2 Å². The van der Waals surface area contributed by atoms with E-state index in [0.29, 0.717) is 24.0 Å². The highest BCUT2D eigenvalue weighted by atomic mass is 16.7. The summed E-state index contributed by atoms with van der Waals surface area (Å²) in [6, 6.07) is 11.2. The number of hydrazine groups is 1. The van der Waals surface area contributed by atoms with Gasteiger partial charge in [0.05, 0.1) is 30.9 Å². The highest BCUT2D eigenvalue weighted by Gasteiger charge is 2.47. The topological polar surface area (TPSA) is 219 Å². The van der Waals surface area contributed by atoms with Gasteiger partial charge in [-0.1, -0.05) is 18.2 Å². The molecular formula is C32H37N3O11. The van der Waals surface area contributed by atoms with Crippen molar-refractivity contribution >= 4 is 28.6 Å². The van der Waals surface area contributed by atoms with E-state index in [1.165, 1.54) is 31.4 Å². The van der Waals surface area contributed by atoms with Crippen molar-refractivity contribution in [2.45, 2.75) is 69.0 Å². The highest BCUT2D eigenvalue weighted by molar-refractivity contribution is 6.08. The van der Waals surface area contributed by atoms with Crippen LogP contribution in [0.5, 0.6) is 11.5 Å². The number of aliphatic hydroxyl groups is 3. The summed E-state index contributed by atoms with van der Waals surface area (Å²) in [5.74, 6) is 3.33. The average Bonchev–Trinajstić information content (AvgIpc) is 3.49. The summed E-state index contributed by atoms with van der Waals surface area (Å²) in [5.41, 5.74) is 2.76. The molecule has 0 radical (unpaired) electrons. The van der Waals surface area contributed by atoms with Gasteiger partial charge in [0.25, 0.3) is 11.8 Å². The predicted molar refractivity (Wildman–Crippen MR) is 162 cm³/mol. The molecule has 8 N–H and O–H groups in total. The van der Waals surface area contributed by atoms with Crippen molar-refractivity contribution in [1.29, 1.82) is 0 Å². The van der Waals surface area contributed by atoms with Gasteiger partial charge in [-0.2, -0.15) is 0 Å². The summed E-state index contributed by atoms with van der Waals surface area (Å²) in [6.45, 7) is 1.23. The van der Waals surface area contributed by atoms with Crippen LogP contribution >= 0.6 is 0 Å². The number of aromatic hydroxyl groups is 1. The van der Waals surface area contributed by atoms with Crippen molar-refractivity contribution in [3.8, 4) is 11.5 Å². The third kappa shape index (κ3) is 6.63. The van der Waals surface area contributed by atoms with Gasteiger partial charge in [-0.25, -0.2) is 10.6 Å². The molecule has 3 aromatic carbocycles. The number of benzene rings is 3. The molecule has 1 saturated heterocycles. The third-order valence-corrected chi connectivity index (χ3v) is 8.40. The molecule has 246 valence electrons. The number of nitrogen functional groups attached to an aromatic ring is 1. The summed E-state index contributed by atoms with van der Waals surface area (Å²) in [4.78, 5) is 38.8. The van der Waals surface area contributed by atoms with Crippen molar-refractivity contribution in [2.24, 2.45) is 5.84 Å². The number of aliphatic hydroxyl groups excluding tert-OH is 3. The van der Waals surface area contributed by atoms with E-state index in [2.05, 4.69) is 5.32 Å². The van der Waals surface area contributed by atoms with E-state index in [-0.39, 0.29) is 28.9 Å². The first-order valence-electron chi connectivity index (χ1n) is 14.8. The summed E-state index contributed by atoms with van der Waals surface area (Å²) >= 11 is 0. The monoisotopic (exact) mass is 639 g/mol. The van der Waals surface area contributed by atoms with E-state index in [9.17, 15) is 34.8 Å². The number of hydrogen-bond donors (Lipinski definition) is 7. The van der Waals surface area contributed by atoms with Crippen LogP contribution in [0.4, 0.5) is 0 Å². The maximum atomic E-state index is 13.3. The van der Waals surface area contributed by atoms with E-state index in [4.69, 9.17) is 24.8 Å². The lowest BCUT2D eigenvalue weighted by atomic mass is 9.96. The first-order chi connectivity index (χ1) is 22.1. The fourth-order valence-electron chi connectivity index (χ4n) is 5.98. The number of carbonyl (C=O) groups excluding carboxylic acids is 3. The van der Waals surface area contributed by atoms with Crippen LogP contribution in [0.15, 0.2) is 48.5 Å². The molecular weight excluding hydrogens is 602 g/mol. The lowest BCUT2D eigenvalue weighted by Gasteiger charge is -2.43. The number of esters is 1. The second-order valence-corrected chi connectivity index (χ2v) is 11.3. The molecule has 0 aromatic heterocycles. The van der Waals surface area contributed by atoms with Gasteiger partial charge >= 0.3 is 5.97 Å². The summed E-state index contributed by atoms with van der Waals surface area (Å²) in [5, 5.41) is 45.6. The highest BCUT2D eigenvalue weighted by Crippen LogP contribution is 2.35. The molecule has 1 aliphatic heterocycles. The number of fused-ring (bicyclic) bond motifs is 1. The zero-order valence-corrected chi connectivity index (χ0v) is 25.2. The number of methoxy groups -OCH3 is 1. The van der Waals surface area contributed by atoms with Gasteiger partial charge in [-0.15, -0.1) is 0 Å². The minimum Gasteiger partial charge on any atom is -0.507 e. The van der Waals surface area contributed by atoms with E-state index in [1.807, 2.05) is 18.4 Å². The smallest absolute Gasteiger partial charge is 0.342 e. The summed E-state index contributed by atoms with van der Waals surface area (Å²) < 4.78 is 23.0. The Morgan fingerprint density at radius 3 is 2.35 bits per heavy atom. The molecule has 1 aliphatic carbocycles. The number of aryl methyl sites for hydroxylation is 1. The van der Waals surface area contributed by atoms with Crippen molar-refractivity contribution in [1.82, 2.24) is 10.7 Å². The molecule has 1 saturated carbocycles. The van der Waals surface area contributed by atoms with Gasteiger partial charge in [0, 0.05) is 11.8 Å². The number of amides is 2. The van der Waals surface area contributed by atoms with E-state index in [0.717, 1.165) is 10.9 Å². The number of ether oxygens (including phenoxy) is 4. The zero-order chi connectivity index (χ0) is 33.1. The van der Waals surface area contributed by atoms with Crippen LogP contribution in [0, 0.1) is 6.92 Å². The normalized spacial score (nSPS) is 26.0. The fourth-order valence-corrected chi connectivity index (χ4v) is 5.98. The van der Waals surface area contributed by atoms with Gasteiger partial charge in [-0.05, 0) is 61.0 Å². The minimum atomic E-state index is -1.61. The Hall–Kier alpha value is -4.31. The van der Waals surface area contributed by atoms with Crippen LogP contribution < -0.4 is 21.3 Å². The van der Waals surface area contributed by atoms with Crippen LogP contribution in [-0.4, -0.2) is 94.8 Å². The number of nitrogens with two attached hydrogens (primary N) is 1. The van der Waals surface area contributed by atoms with Gasteiger partial charge in [-0.3, -0.25) is 15.0 Å². The molecule has 5 rings (SSSR count). The van der Waals surface area contributed by atoms with Crippen LogP contribution in [0.3, 0.4) is 0 Å². The molecule has 0 unspecified atom stereocenters. The Labute approximate surface area is 264 Å². The Morgan fingerprint density at radius 1 is 0.978 bits per heavy atom. The standard InChI is InChI=1S/C32H37N3O11/c1-15-11-18(43-2)13-22-19(15)9-10-23(37)25(22)31(42)44-16-7-8-17(12-16)45-32-26(28(39)27(38)24(14-36)46-32)34-29(40)20-5-3-4-6-21(20)30(41)35-33/h3-6,9-11,13,16-17,24,26-28,32,36-39H,7-8,12,14,33H2,1-2H3,(H,34,40)(H,35,41)/t16-,17+,24+,26+,27+,28+,32+/m0/s1. The SMILES string of the molecule is COc1cc(C)c2ccc(O)c(C(=O)O[C@H]3CC[C@@H](O[C@@H]4O[C@H](CO)[C@@H](O)[C@H](O)[C@H]4NC(=O)c4ccccc4C(=O)NN)C3)c2c1. The summed E-state index contributed by atoms with van der Waals surface area (Å²) in [6.07, 6.45) is -5.84. The maximum Gasteiger partial charge on any atom is 0.342 e. The quantitative estimate of drug-likeness (QED) is 0.0748. The number of nitrogens with one attached hydrogen (secondary N) is 2. The van der Waals surface area contributed by atoms with E-state index >= 15 is 0 Å². The molecule has 7 atom stereocenters. The molecule has 14 nitrogen and oxygen atoms in total. The van der Waals surface area contributed by atoms with Gasteiger partial charge < -0.3 is 44.7 Å². The van der Waals surface area contributed by atoms with Crippen LogP contribution in [0.1, 0.15) is 55.9 Å². The maximum absolute atomic E-state index is 13.3. The van der Waals surface area contributed by atoms with Crippen LogP contribution in [0.2, 0.25) is 0 Å². The summed E-state index contributed by atoms with van der Waals surface area (Å²) in [7, 11) is 1.51. The third-order valence-electron chi connectivity index (χ3n) is 8.40. The number of carbonyl (C=O) groups is 3. The van der Waals surface area contributed by atoms with Crippen molar-refractivity contribution < 1.29 is 53.8 Å². The molecule has 46 heavy (non-hydrogen) atoms. The first kappa shape index (κ1) is 33.1. The van der Waals surface area contributed by atoms with Gasteiger partial charge in [0.15, 0.2) is 6.29 Å². The average molecular weight is 640 g/mol. The number of phenolic OH excluding ortho intramolecular Hbond substituents is 1. The number of rotatable bonds is 9. The molecule has 1 heterocycles. The minimum absolute atomic E-state index is 0.00811. The van der Waals surface area contributed by atoms with Crippen LogP contribution in [0.25, 0.3) is 10.8 Å². The van der Waals surface area contributed by atoms with Crippen molar-refractivity contribution in [3.05, 3.63) is 70.8 Å². The number of phenols is 1. The second kappa shape index (κ2) is 14.0. The second-order valence-electron chi connectivity index (χ2n) is 11.3. The molecule has 2 amide bonds. The fraction of sp³-hybridized carbons (Fsp3) is 0.406. The molecule has 0 spiro atoms. The predicted octanol–water partition coefficient (Wildman–Crippen LogP) is 0.798. The van der Waals surface area contributed by atoms with Gasteiger partial charge in [0.2, 0.25) is 0 Å². The zero-order valence-electron chi connectivity index (χ0n) is 25.2. The molecule has 0 bridgehead atoms. The lowest BCUT2D eigenvalue weighted by Crippen LogP contribution is -2.65. The molecule has 14 heteroatoms. The largest absolute Gasteiger partial charge is 0.507 e. The lowest BCUT2D eigenvalue weighted by molar-refractivity contribution is -0.280. The van der Waals surface area contributed by atoms with Crippen LogP contribution in [-0.2, 0) is 14.2 Å². The molecule has 2 fully saturated rings.